The Morgan fingerprint density at radius 1 is 1.18 bits per heavy atom. The maximum Gasteiger partial charge on any atom is 0.413 e. The fraction of sp³-hybridized carbons (Fsp3) is 0.423. The van der Waals surface area contributed by atoms with Crippen LogP contribution in [0, 0.1) is 6.92 Å². The zero-order valence-corrected chi connectivity index (χ0v) is 23.9. The molecule has 1 aliphatic heterocycles. The van der Waals surface area contributed by atoms with Crippen molar-refractivity contribution < 1.29 is 23.5 Å². The van der Waals surface area contributed by atoms with Crippen LogP contribution >= 0.6 is 23.2 Å². The molecule has 11 nitrogen and oxygen atoms in total. The molecule has 0 bridgehead atoms. The molecule has 0 unspecified atom stereocenters. The average Bonchev–Trinajstić information content (AvgIpc) is 3.54. The molecule has 0 spiro atoms. The number of hydrogen-bond acceptors (Lipinski definition) is 9. The van der Waals surface area contributed by atoms with Gasteiger partial charge in [0.05, 0.1) is 34.6 Å². The highest BCUT2D eigenvalue weighted by molar-refractivity contribution is 6.36. The van der Waals surface area contributed by atoms with Crippen molar-refractivity contribution in [3.05, 3.63) is 46.5 Å². The van der Waals surface area contributed by atoms with E-state index in [-0.39, 0.29) is 30.0 Å². The highest BCUT2D eigenvalue weighted by Gasteiger charge is 2.46. The van der Waals surface area contributed by atoms with Crippen LogP contribution in [0.3, 0.4) is 0 Å². The van der Waals surface area contributed by atoms with E-state index >= 15 is 0 Å². The highest BCUT2D eigenvalue weighted by atomic mass is 35.5. The van der Waals surface area contributed by atoms with Crippen LogP contribution in [0.1, 0.15) is 40.3 Å². The summed E-state index contributed by atoms with van der Waals surface area (Å²) < 4.78 is 24.7. The van der Waals surface area contributed by atoms with E-state index in [1.165, 1.54) is 0 Å². The minimum absolute atomic E-state index is 0.118. The molecule has 0 N–H and O–H groups in total. The second-order valence-electron chi connectivity index (χ2n) is 10.7. The van der Waals surface area contributed by atoms with Crippen LogP contribution in [0.15, 0.2) is 35.2 Å². The van der Waals surface area contributed by atoms with Crippen molar-refractivity contribution in [1.29, 1.82) is 0 Å². The molecule has 4 aromatic rings. The van der Waals surface area contributed by atoms with Gasteiger partial charge in [-0.05, 0) is 47.6 Å². The van der Waals surface area contributed by atoms with Gasteiger partial charge in [-0.15, -0.1) is 0 Å². The molecule has 4 heterocycles. The Hall–Kier alpha value is -3.41. The van der Waals surface area contributed by atoms with Crippen molar-refractivity contribution in [3.8, 4) is 28.7 Å². The van der Waals surface area contributed by atoms with E-state index in [9.17, 15) is 4.79 Å². The van der Waals surface area contributed by atoms with Crippen LogP contribution in [-0.4, -0.2) is 66.1 Å². The topological polar surface area (TPSA) is 117 Å². The van der Waals surface area contributed by atoms with Gasteiger partial charge in [-0.3, -0.25) is 9.88 Å². The molecule has 1 fully saturated rings. The van der Waals surface area contributed by atoms with E-state index in [4.69, 9.17) is 41.9 Å². The molecular weight excluding hydrogens is 547 g/mol. The van der Waals surface area contributed by atoms with Crippen molar-refractivity contribution in [1.82, 2.24) is 29.4 Å². The van der Waals surface area contributed by atoms with Gasteiger partial charge in [0.15, 0.2) is 5.65 Å². The van der Waals surface area contributed by atoms with E-state index in [1.54, 1.807) is 43.3 Å². The van der Waals surface area contributed by atoms with Gasteiger partial charge >= 0.3 is 6.09 Å². The SMILES string of the molecule is Cc1cn2cc(-c3nc(-c4cc(Cl)c(OC[C@@H]5COC(C)(C)N5C(=O)OC(C)(C)C)cc4Cl)no3)nc2cn1. The smallest absolute Gasteiger partial charge is 0.413 e. The second kappa shape index (κ2) is 9.96. The Balaban J connectivity index is 1.32. The summed E-state index contributed by atoms with van der Waals surface area (Å²) >= 11 is 13.1. The number of benzene rings is 1. The summed E-state index contributed by atoms with van der Waals surface area (Å²) in [4.78, 5) is 27.6. The van der Waals surface area contributed by atoms with E-state index < -0.39 is 23.5 Å². The Kier molecular flexibility index (Phi) is 6.94. The lowest BCUT2D eigenvalue weighted by Crippen LogP contribution is -2.51. The minimum Gasteiger partial charge on any atom is -0.490 e. The Morgan fingerprint density at radius 2 is 1.95 bits per heavy atom. The van der Waals surface area contributed by atoms with Crippen LogP contribution < -0.4 is 4.74 Å². The Morgan fingerprint density at radius 3 is 2.69 bits per heavy atom. The summed E-state index contributed by atoms with van der Waals surface area (Å²) in [6.07, 6.45) is 4.81. The first-order valence-corrected chi connectivity index (χ1v) is 13.0. The minimum atomic E-state index is -0.853. The van der Waals surface area contributed by atoms with Gasteiger partial charge in [0.25, 0.3) is 5.89 Å². The number of hydrogen-bond donors (Lipinski definition) is 0. The average molecular weight is 575 g/mol. The third-order valence-electron chi connectivity index (χ3n) is 5.97. The van der Waals surface area contributed by atoms with E-state index in [0.717, 1.165) is 5.69 Å². The number of fused-ring (bicyclic) bond motifs is 1. The molecule has 5 rings (SSSR count). The summed E-state index contributed by atoms with van der Waals surface area (Å²) in [6.45, 7) is 11.3. The first-order valence-electron chi connectivity index (χ1n) is 12.2. The summed E-state index contributed by atoms with van der Waals surface area (Å²) in [5, 5.41) is 4.65. The van der Waals surface area contributed by atoms with Crippen molar-refractivity contribution in [2.24, 2.45) is 0 Å². The fourth-order valence-corrected chi connectivity index (χ4v) is 4.68. The number of nitrogens with zero attached hydrogens (tertiary/aromatic N) is 6. The predicted octanol–water partition coefficient (Wildman–Crippen LogP) is 5.81. The molecule has 0 radical (unpaired) electrons. The zero-order chi connectivity index (χ0) is 28.1. The second-order valence-corrected chi connectivity index (χ2v) is 11.5. The van der Waals surface area contributed by atoms with Gasteiger partial charge in [-0.1, -0.05) is 28.4 Å². The Labute approximate surface area is 235 Å². The van der Waals surface area contributed by atoms with Gasteiger partial charge < -0.3 is 23.1 Å². The first-order chi connectivity index (χ1) is 18.3. The molecule has 13 heteroatoms. The molecule has 1 aliphatic rings. The number of ether oxygens (including phenoxy) is 3. The number of carbonyl (C=O) groups is 1. The summed E-state index contributed by atoms with van der Waals surface area (Å²) in [6, 6.07) is 2.78. The standard InChI is InChI=1S/C26H28Cl2N6O5/c1-14-10-33-11-19(30-21(33)9-29-14)23-31-22(32-39-23)16-7-18(28)20(8-17(16)27)36-12-15-13-37-26(5,6)34(15)24(35)38-25(2,3)4/h7-11,15H,12-13H2,1-6H3/t15-/m1/s1. The van der Waals surface area contributed by atoms with Crippen LogP contribution in [0.4, 0.5) is 4.79 Å². The quantitative estimate of drug-likeness (QED) is 0.291. The number of amides is 1. The van der Waals surface area contributed by atoms with Crippen LogP contribution in [0.25, 0.3) is 28.6 Å². The molecule has 0 saturated carbocycles. The number of aryl methyl sites for hydroxylation is 1. The van der Waals surface area contributed by atoms with Gasteiger partial charge in [0.2, 0.25) is 5.82 Å². The van der Waals surface area contributed by atoms with Gasteiger partial charge in [-0.25, -0.2) is 9.78 Å². The molecule has 39 heavy (non-hydrogen) atoms. The number of aromatic nitrogens is 5. The summed E-state index contributed by atoms with van der Waals surface area (Å²) in [5.41, 5.74) is 0.964. The molecule has 1 amide bonds. The number of carbonyl (C=O) groups excluding carboxylic acids is 1. The maximum atomic E-state index is 12.9. The molecule has 1 aromatic carbocycles. The molecular formula is C26H28Cl2N6O5. The Bertz CT molecular complexity index is 1540. The van der Waals surface area contributed by atoms with E-state index in [2.05, 4.69) is 20.1 Å². The third kappa shape index (κ3) is 5.66. The van der Waals surface area contributed by atoms with Gasteiger partial charge in [0, 0.05) is 24.0 Å². The summed E-state index contributed by atoms with van der Waals surface area (Å²) in [7, 11) is 0. The maximum absolute atomic E-state index is 12.9. The van der Waals surface area contributed by atoms with Crippen LogP contribution in [0.5, 0.6) is 5.75 Å². The van der Waals surface area contributed by atoms with Crippen LogP contribution in [0.2, 0.25) is 10.0 Å². The zero-order valence-electron chi connectivity index (χ0n) is 22.4. The lowest BCUT2D eigenvalue weighted by Gasteiger charge is -2.35. The number of imidazole rings is 1. The third-order valence-corrected chi connectivity index (χ3v) is 6.58. The lowest BCUT2D eigenvalue weighted by atomic mass is 10.2. The largest absolute Gasteiger partial charge is 0.490 e. The molecule has 1 atom stereocenters. The summed E-state index contributed by atoms with van der Waals surface area (Å²) in [5.74, 6) is 0.813. The number of halogens is 2. The number of rotatable bonds is 5. The normalized spacial score (nSPS) is 17.1. The fourth-order valence-electron chi connectivity index (χ4n) is 4.22. The van der Waals surface area contributed by atoms with Crippen molar-refractivity contribution in [2.75, 3.05) is 13.2 Å². The van der Waals surface area contributed by atoms with E-state index in [1.807, 2.05) is 38.3 Å². The lowest BCUT2D eigenvalue weighted by molar-refractivity contribution is -0.0637. The predicted molar refractivity (Wildman–Crippen MR) is 144 cm³/mol. The first kappa shape index (κ1) is 27.2. The van der Waals surface area contributed by atoms with Crippen molar-refractivity contribution in [2.45, 2.75) is 58.9 Å². The van der Waals surface area contributed by atoms with E-state index in [0.29, 0.717) is 27.7 Å². The molecule has 3 aromatic heterocycles. The van der Waals surface area contributed by atoms with Gasteiger partial charge in [0.1, 0.15) is 29.4 Å². The highest BCUT2D eigenvalue weighted by Crippen LogP contribution is 2.37. The van der Waals surface area contributed by atoms with Crippen molar-refractivity contribution >= 4 is 34.9 Å². The molecule has 0 aliphatic carbocycles. The molecule has 206 valence electrons. The van der Waals surface area contributed by atoms with Gasteiger partial charge in [-0.2, -0.15) is 4.98 Å². The monoisotopic (exact) mass is 574 g/mol. The van der Waals surface area contributed by atoms with Crippen LogP contribution in [-0.2, 0) is 9.47 Å². The van der Waals surface area contributed by atoms with Crippen molar-refractivity contribution in [3.63, 3.8) is 0 Å². The molecule has 1 saturated heterocycles.